The van der Waals surface area contributed by atoms with Gasteiger partial charge in [-0.3, -0.25) is 4.79 Å². The molecule has 0 aliphatic heterocycles. The van der Waals surface area contributed by atoms with Gasteiger partial charge >= 0.3 is 5.97 Å². The van der Waals surface area contributed by atoms with Crippen LogP contribution in [0.5, 0.6) is 0 Å². The molecule has 0 radical (unpaired) electrons. The van der Waals surface area contributed by atoms with Crippen LogP contribution < -0.4 is 10.6 Å². The van der Waals surface area contributed by atoms with Crippen molar-refractivity contribution in [3.05, 3.63) is 46.9 Å². The molecular formula is C18H22ClN5O3. The second-order valence-corrected chi connectivity index (χ2v) is 6.42. The standard InChI is InChI=1S/C18H22ClN5O3/c1-24(2)8-4-7-20-17(25)15-10-16(22-11-21-15)23-14-9-12(18(26)27-3)5-6-13(14)19/h5-6,9-11H,4,7-8H2,1-3H3,(H,20,25)(H,21,22,23). The highest BCUT2D eigenvalue weighted by Gasteiger charge is 2.12. The van der Waals surface area contributed by atoms with Gasteiger partial charge in [-0.25, -0.2) is 14.8 Å². The summed E-state index contributed by atoms with van der Waals surface area (Å²) < 4.78 is 4.70. The number of amides is 1. The fourth-order valence-electron chi connectivity index (χ4n) is 2.24. The SMILES string of the molecule is COC(=O)c1ccc(Cl)c(Nc2cc(C(=O)NCCCN(C)C)ncn2)c1. The molecule has 27 heavy (non-hydrogen) atoms. The van der Waals surface area contributed by atoms with Gasteiger partial charge in [0.15, 0.2) is 0 Å². The van der Waals surface area contributed by atoms with Crippen LogP contribution in [0.15, 0.2) is 30.6 Å². The zero-order chi connectivity index (χ0) is 19.8. The number of esters is 1. The highest BCUT2D eigenvalue weighted by atomic mass is 35.5. The number of carbonyl (C=O) groups is 2. The Balaban J connectivity index is 2.07. The third kappa shape index (κ3) is 6.19. The van der Waals surface area contributed by atoms with Crippen LogP contribution in [-0.4, -0.2) is 61.0 Å². The minimum atomic E-state index is -0.477. The smallest absolute Gasteiger partial charge is 0.337 e. The third-order valence-corrected chi connectivity index (χ3v) is 3.95. The molecule has 0 atom stereocenters. The van der Waals surface area contributed by atoms with Crippen LogP contribution in [0.4, 0.5) is 11.5 Å². The minimum absolute atomic E-state index is 0.234. The first-order chi connectivity index (χ1) is 12.9. The van der Waals surface area contributed by atoms with Gasteiger partial charge in [-0.15, -0.1) is 0 Å². The molecule has 0 aliphatic rings. The van der Waals surface area contributed by atoms with Crippen molar-refractivity contribution in [2.24, 2.45) is 0 Å². The number of aromatic nitrogens is 2. The fourth-order valence-corrected chi connectivity index (χ4v) is 2.41. The van der Waals surface area contributed by atoms with Gasteiger partial charge in [-0.1, -0.05) is 11.6 Å². The number of anilines is 2. The highest BCUT2D eigenvalue weighted by Crippen LogP contribution is 2.26. The summed E-state index contributed by atoms with van der Waals surface area (Å²) in [7, 11) is 5.26. The number of benzene rings is 1. The number of hydrogen-bond donors (Lipinski definition) is 2. The van der Waals surface area contributed by atoms with Gasteiger partial charge in [0.05, 0.1) is 23.4 Å². The van der Waals surface area contributed by atoms with Gasteiger partial charge in [0.2, 0.25) is 0 Å². The molecule has 8 nitrogen and oxygen atoms in total. The van der Waals surface area contributed by atoms with E-state index in [1.54, 1.807) is 18.2 Å². The summed E-state index contributed by atoms with van der Waals surface area (Å²) in [6.07, 6.45) is 2.12. The Kier molecular flexibility index (Phi) is 7.51. The number of hydrogen-bond acceptors (Lipinski definition) is 7. The number of halogens is 1. The molecule has 144 valence electrons. The maximum absolute atomic E-state index is 12.2. The molecule has 1 heterocycles. The zero-order valence-electron chi connectivity index (χ0n) is 15.5. The number of nitrogens with one attached hydrogen (secondary N) is 2. The van der Waals surface area contributed by atoms with Crippen LogP contribution in [0, 0.1) is 0 Å². The molecule has 0 aliphatic carbocycles. The molecule has 1 aromatic heterocycles. The highest BCUT2D eigenvalue weighted by molar-refractivity contribution is 6.33. The van der Waals surface area contributed by atoms with E-state index in [2.05, 4.69) is 20.6 Å². The number of carbonyl (C=O) groups excluding carboxylic acids is 2. The molecule has 0 saturated heterocycles. The van der Waals surface area contributed by atoms with Gasteiger partial charge in [0.1, 0.15) is 17.8 Å². The Bertz CT molecular complexity index is 813. The van der Waals surface area contributed by atoms with E-state index in [9.17, 15) is 9.59 Å². The average molecular weight is 392 g/mol. The molecule has 0 bridgehead atoms. The molecule has 2 rings (SSSR count). The number of rotatable bonds is 8. The first-order valence-electron chi connectivity index (χ1n) is 8.30. The molecule has 0 saturated carbocycles. The van der Waals surface area contributed by atoms with Crippen molar-refractivity contribution in [3.8, 4) is 0 Å². The molecular weight excluding hydrogens is 370 g/mol. The van der Waals surface area contributed by atoms with Gasteiger partial charge in [0, 0.05) is 12.6 Å². The van der Waals surface area contributed by atoms with Crippen molar-refractivity contribution in [2.45, 2.75) is 6.42 Å². The average Bonchev–Trinajstić information content (AvgIpc) is 2.66. The van der Waals surface area contributed by atoms with Crippen molar-refractivity contribution >= 4 is 35.0 Å². The Labute approximate surface area is 162 Å². The normalized spacial score (nSPS) is 10.6. The summed E-state index contributed by atoms with van der Waals surface area (Å²) >= 11 is 6.17. The lowest BCUT2D eigenvalue weighted by Gasteiger charge is -2.11. The lowest BCUT2D eigenvalue weighted by molar-refractivity contribution is 0.0600. The van der Waals surface area contributed by atoms with Crippen LogP contribution in [-0.2, 0) is 4.74 Å². The summed E-state index contributed by atoms with van der Waals surface area (Å²) in [5, 5.41) is 6.21. The van der Waals surface area contributed by atoms with E-state index in [1.807, 2.05) is 19.0 Å². The van der Waals surface area contributed by atoms with E-state index < -0.39 is 5.97 Å². The van der Waals surface area contributed by atoms with Crippen molar-refractivity contribution in [3.63, 3.8) is 0 Å². The Morgan fingerprint density at radius 1 is 1.22 bits per heavy atom. The predicted octanol–water partition coefficient (Wildman–Crippen LogP) is 2.34. The summed E-state index contributed by atoms with van der Waals surface area (Å²) in [5.74, 6) is -0.379. The molecule has 0 spiro atoms. The summed E-state index contributed by atoms with van der Waals surface area (Å²) in [4.78, 5) is 34.0. The van der Waals surface area contributed by atoms with Gasteiger partial charge in [0.25, 0.3) is 5.91 Å². The van der Waals surface area contributed by atoms with E-state index in [-0.39, 0.29) is 11.6 Å². The van der Waals surface area contributed by atoms with Crippen LogP contribution in [0.2, 0.25) is 5.02 Å². The summed E-state index contributed by atoms with van der Waals surface area (Å²) in [6, 6.07) is 6.21. The van der Waals surface area contributed by atoms with E-state index in [0.29, 0.717) is 28.6 Å². The number of methoxy groups -OCH3 is 1. The van der Waals surface area contributed by atoms with E-state index >= 15 is 0 Å². The van der Waals surface area contributed by atoms with Crippen LogP contribution in [0.3, 0.4) is 0 Å². The van der Waals surface area contributed by atoms with Crippen molar-refractivity contribution in [1.82, 2.24) is 20.2 Å². The zero-order valence-corrected chi connectivity index (χ0v) is 16.2. The van der Waals surface area contributed by atoms with Gasteiger partial charge in [-0.2, -0.15) is 0 Å². The van der Waals surface area contributed by atoms with Crippen LogP contribution in [0.25, 0.3) is 0 Å². The van der Waals surface area contributed by atoms with Crippen molar-refractivity contribution in [2.75, 3.05) is 39.6 Å². The maximum Gasteiger partial charge on any atom is 0.337 e. The first-order valence-corrected chi connectivity index (χ1v) is 8.68. The first kappa shape index (κ1) is 20.6. The molecule has 9 heteroatoms. The quantitative estimate of drug-likeness (QED) is 0.526. The van der Waals surface area contributed by atoms with E-state index in [0.717, 1.165) is 13.0 Å². The van der Waals surface area contributed by atoms with Crippen LogP contribution >= 0.6 is 11.6 Å². The Morgan fingerprint density at radius 2 is 2.00 bits per heavy atom. The Morgan fingerprint density at radius 3 is 2.70 bits per heavy atom. The maximum atomic E-state index is 12.2. The molecule has 0 unspecified atom stereocenters. The molecule has 1 aromatic carbocycles. The third-order valence-electron chi connectivity index (χ3n) is 3.62. The predicted molar refractivity (Wildman–Crippen MR) is 104 cm³/mol. The van der Waals surface area contributed by atoms with Gasteiger partial charge < -0.3 is 20.3 Å². The molecule has 1 amide bonds. The van der Waals surface area contributed by atoms with E-state index in [4.69, 9.17) is 16.3 Å². The molecule has 2 aromatic rings. The van der Waals surface area contributed by atoms with Crippen molar-refractivity contribution < 1.29 is 14.3 Å². The second-order valence-electron chi connectivity index (χ2n) is 6.01. The fraction of sp³-hybridized carbons (Fsp3) is 0.333. The number of ether oxygens (including phenoxy) is 1. The van der Waals surface area contributed by atoms with Crippen molar-refractivity contribution in [1.29, 1.82) is 0 Å². The topological polar surface area (TPSA) is 96.4 Å². The van der Waals surface area contributed by atoms with Gasteiger partial charge in [-0.05, 0) is 45.3 Å². The molecule has 0 fully saturated rings. The Hall–Kier alpha value is -2.71. The second kappa shape index (κ2) is 9.84. The summed E-state index contributed by atoms with van der Waals surface area (Å²) in [6.45, 7) is 1.43. The largest absolute Gasteiger partial charge is 0.465 e. The molecule has 2 N–H and O–H groups in total. The minimum Gasteiger partial charge on any atom is -0.465 e. The lowest BCUT2D eigenvalue weighted by Crippen LogP contribution is -2.27. The summed E-state index contributed by atoms with van der Waals surface area (Å²) in [5.41, 5.74) is 1.05. The lowest BCUT2D eigenvalue weighted by atomic mass is 10.2. The number of nitrogens with zero attached hydrogens (tertiary/aromatic N) is 3. The van der Waals surface area contributed by atoms with E-state index in [1.165, 1.54) is 19.5 Å². The van der Waals surface area contributed by atoms with Crippen LogP contribution in [0.1, 0.15) is 27.3 Å². The monoisotopic (exact) mass is 391 g/mol.